The van der Waals surface area contributed by atoms with E-state index in [4.69, 9.17) is 15.9 Å². The minimum absolute atomic E-state index is 0.0577. The van der Waals surface area contributed by atoms with E-state index in [-0.39, 0.29) is 19.0 Å². The summed E-state index contributed by atoms with van der Waals surface area (Å²) >= 11 is 1.58. The number of aliphatic hydroxyl groups is 2. The molecular formula is C15H20N2O3S. The molecule has 0 radical (unpaired) electrons. The second-order valence-corrected chi connectivity index (χ2v) is 5.55. The van der Waals surface area contributed by atoms with Gasteiger partial charge in [0.1, 0.15) is 5.75 Å². The number of nitrogens with two attached hydrogens (primary N) is 1. The number of hydrogen-bond acceptors (Lipinski definition) is 6. The number of phenols is 1. The molecule has 0 atom stereocenters. The molecule has 1 aromatic heterocycles. The quantitative estimate of drug-likeness (QED) is 0.460. The van der Waals surface area contributed by atoms with Gasteiger partial charge in [-0.25, -0.2) is 0 Å². The second kappa shape index (κ2) is 7.42. The van der Waals surface area contributed by atoms with E-state index >= 15 is 0 Å². The maximum Gasteiger partial charge on any atom is 0.139 e. The van der Waals surface area contributed by atoms with Crippen molar-refractivity contribution in [3.05, 3.63) is 34.5 Å². The lowest BCUT2D eigenvalue weighted by Crippen LogP contribution is -2.29. The molecule has 1 aromatic carbocycles. The van der Waals surface area contributed by atoms with E-state index < -0.39 is 0 Å². The molecule has 0 spiro atoms. The molecule has 6 heteroatoms. The summed E-state index contributed by atoms with van der Waals surface area (Å²) in [6.07, 6.45) is 0. The molecule has 0 bridgehead atoms. The van der Waals surface area contributed by atoms with Crippen molar-refractivity contribution in [3.63, 3.8) is 0 Å². The van der Waals surface area contributed by atoms with Gasteiger partial charge in [0, 0.05) is 19.6 Å². The molecule has 0 saturated carbocycles. The molecule has 0 aliphatic heterocycles. The third-order valence-corrected chi connectivity index (χ3v) is 4.10. The third-order valence-electron chi connectivity index (χ3n) is 3.31. The van der Waals surface area contributed by atoms with Crippen LogP contribution in [0.3, 0.4) is 0 Å². The van der Waals surface area contributed by atoms with E-state index in [1.165, 1.54) is 0 Å². The van der Waals surface area contributed by atoms with Gasteiger partial charge in [-0.3, -0.25) is 4.90 Å². The van der Waals surface area contributed by atoms with Gasteiger partial charge in [-0.1, -0.05) is 6.07 Å². The highest BCUT2D eigenvalue weighted by molar-refractivity contribution is 7.08. The van der Waals surface area contributed by atoms with Crippen LogP contribution in [-0.4, -0.2) is 46.5 Å². The van der Waals surface area contributed by atoms with Crippen molar-refractivity contribution >= 4 is 17.0 Å². The van der Waals surface area contributed by atoms with Gasteiger partial charge in [-0.2, -0.15) is 11.3 Å². The molecule has 5 nitrogen and oxygen atoms in total. The highest BCUT2D eigenvalue weighted by atomic mass is 32.1. The van der Waals surface area contributed by atoms with Crippen LogP contribution in [0.15, 0.2) is 29.0 Å². The molecule has 114 valence electrons. The van der Waals surface area contributed by atoms with Gasteiger partial charge in [-0.05, 0) is 39.6 Å². The molecule has 0 amide bonds. The van der Waals surface area contributed by atoms with E-state index in [2.05, 4.69) is 0 Å². The average molecular weight is 308 g/mol. The van der Waals surface area contributed by atoms with Gasteiger partial charge < -0.3 is 21.1 Å². The summed E-state index contributed by atoms with van der Waals surface area (Å²) < 4.78 is 0. The third kappa shape index (κ3) is 3.95. The first-order valence-electron chi connectivity index (χ1n) is 6.73. The number of aromatic hydroxyl groups is 1. The van der Waals surface area contributed by atoms with Crippen LogP contribution >= 0.6 is 11.3 Å². The van der Waals surface area contributed by atoms with Crippen LogP contribution in [-0.2, 0) is 6.54 Å². The Morgan fingerprint density at radius 1 is 1.10 bits per heavy atom. The van der Waals surface area contributed by atoms with Crippen LogP contribution in [0.25, 0.3) is 11.1 Å². The monoisotopic (exact) mass is 308 g/mol. The van der Waals surface area contributed by atoms with Crippen LogP contribution in [0.4, 0.5) is 5.69 Å². The lowest BCUT2D eigenvalue weighted by Gasteiger charge is -2.20. The first-order valence-corrected chi connectivity index (χ1v) is 7.68. The predicted octanol–water partition coefficient (Wildman–Crippen LogP) is 1.49. The Morgan fingerprint density at radius 3 is 2.43 bits per heavy atom. The summed E-state index contributed by atoms with van der Waals surface area (Å²) in [5.41, 5.74) is 9.04. The molecule has 0 aliphatic rings. The van der Waals surface area contributed by atoms with Gasteiger partial charge >= 0.3 is 0 Å². The normalized spacial score (nSPS) is 11.2. The van der Waals surface area contributed by atoms with Crippen molar-refractivity contribution in [3.8, 4) is 16.9 Å². The number of anilines is 1. The predicted molar refractivity (Wildman–Crippen MR) is 85.3 cm³/mol. The largest absolute Gasteiger partial charge is 0.506 e. The molecule has 2 aromatic rings. The molecule has 0 saturated heterocycles. The van der Waals surface area contributed by atoms with Crippen molar-refractivity contribution in [2.75, 3.05) is 32.0 Å². The zero-order chi connectivity index (χ0) is 15.2. The summed E-state index contributed by atoms with van der Waals surface area (Å²) in [6, 6.07) is 5.22. The SMILES string of the molecule is Nc1ccc(-c2cscc2CN(CCO)CCO)cc1O. The fraction of sp³-hybridized carbons (Fsp3) is 0.333. The summed E-state index contributed by atoms with van der Waals surface area (Å²) in [4.78, 5) is 1.99. The first-order chi connectivity index (χ1) is 10.2. The minimum atomic E-state index is 0.0577. The van der Waals surface area contributed by atoms with Gasteiger partial charge in [-0.15, -0.1) is 0 Å². The van der Waals surface area contributed by atoms with Gasteiger partial charge in [0.05, 0.1) is 18.9 Å². The summed E-state index contributed by atoms with van der Waals surface area (Å²) in [5, 5.41) is 32.0. The first kappa shape index (κ1) is 15.8. The lowest BCUT2D eigenvalue weighted by atomic mass is 10.0. The van der Waals surface area contributed by atoms with Gasteiger partial charge in [0.15, 0.2) is 0 Å². The number of rotatable bonds is 7. The van der Waals surface area contributed by atoms with E-state index in [1.807, 2.05) is 21.7 Å². The zero-order valence-corrected chi connectivity index (χ0v) is 12.5. The Kier molecular flexibility index (Phi) is 5.58. The molecule has 0 fully saturated rings. The minimum Gasteiger partial charge on any atom is -0.506 e. The van der Waals surface area contributed by atoms with E-state index in [1.54, 1.807) is 23.5 Å². The summed E-state index contributed by atoms with van der Waals surface area (Å²) in [5.74, 6) is 0.0761. The number of hydrogen-bond donors (Lipinski definition) is 4. The van der Waals surface area contributed by atoms with Crippen LogP contribution in [0.5, 0.6) is 5.75 Å². The van der Waals surface area contributed by atoms with Crippen LogP contribution < -0.4 is 5.73 Å². The van der Waals surface area contributed by atoms with Crippen molar-refractivity contribution < 1.29 is 15.3 Å². The smallest absolute Gasteiger partial charge is 0.139 e. The highest BCUT2D eigenvalue weighted by Gasteiger charge is 2.12. The lowest BCUT2D eigenvalue weighted by molar-refractivity contribution is 0.156. The highest BCUT2D eigenvalue weighted by Crippen LogP contribution is 2.32. The van der Waals surface area contributed by atoms with E-state index in [9.17, 15) is 5.11 Å². The van der Waals surface area contributed by atoms with Gasteiger partial charge in [0.2, 0.25) is 0 Å². The number of aliphatic hydroxyl groups excluding tert-OH is 2. The van der Waals surface area contributed by atoms with Crippen LogP contribution in [0.2, 0.25) is 0 Å². The number of phenolic OH excluding ortho intramolecular Hbond substituents is 1. The molecule has 1 heterocycles. The van der Waals surface area contributed by atoms with Crippen molar-refractivity contribution in [2.24, 2.45) is 0 Å². The Bertz CT molecular complexity index is 580. The van der Waals surface area contributed by atoms with E-state index in [0.717, 1.165) is 16.7 Å². The van der Waals surface area contributed by atoms with Gasteiger partial charge in [0.25, 0.3) is 0 Å². The number of nitrogen functional groups attached to an aromatic ring is 1. The Labute approximate surface area is 127 Å². The molecule has 0 unspecified atom stereocenters. The van der Waals surface area contributed by atoms with Crippen molar-refractivity contribution in [1.82, 2.24) is 4.90 Å². The van der Waals surface area contributed by atoms with Crippen molar-refractivity contribution in [2.45, 2.75) is 6.54 Å². The summed E-state index contributed by atoms with van der Waals surface area (Å²) in [6.45, 7) is 1.79. The molecule has 5 N–H and O–H groups in total. The average Bonchev–Trinajstić information content (AvgIpc) is 2.90. The molecule has 2 rings (SSSR count). The maximum absolute atomic E-state index is 9.74. The number of nitrogens with zero attached hydrogens (tertiary/aromatic N) is 1. The molecule has 21 heavy (non-hydrogen) atoms. The maximum atomic E-state index is 9.74. The Balaban J connectivity index is 2.22. The van der Waals surface area contributed by atoms with Crippen LogP contribution in [0.1, 0.15) is 5.56 Å². The van der Waals surface area contributed by atoms with Crippen molar-refractivity contribution in [1.29, 1.82) is 0 Å². The fourth-order valence-electron chi connectivity index (χ4n) is 2.20. The Morgan fingerprint density at radius 2 is 1.81 bits per heavy atom. The summed E-state index contributed by atoms with van der Waals surface area (Å²) in [7, 11) is 0. The van der Waals surface area contributed by atoms with E-state index in [0.29, 0.717) is 25.3 Å². The molecule has 0 aliphatic carbocycles. The van der Waals surface area contributed by atoms with Crippen LogP contribution in [0, 0.1) is 0 Å². The number of benzene rings is 1. The topological polar surface area (TPSA) is 90.0 Å². The second-order valence-electron chi connectivity index (χ2n) is 4.81. The zero-order valence-electron chi connectivity index (χ0n) is 11.7. The standard InChI is InChI=1S/C15H20N2O3S/c16-14-2-1-11(7-15(14)20)13-10-21-9-12(13)8-17(3-5-18)4-6-19/h1-2,7,9-10,18-20H,3-6,8,16H2. The fourth-order valence-corrected chi connectivity index (χ4v) is 3.06. The Hall–Kier alpha value is -1.60. The molecular weight excluding hydrogens is 288 g/mol. The number of thiophene rings is 1.